The second-order valence-electron chi connectivity index (χ2n) is 26.2. The van der Waals surface area contributed by atoms with E-state index in [1.807, 2.05) is 55.4 Å². The number of aliphatic imine (C=N–C) groups is 1. The van der Waals surface area contributed by atoms with Crippen LogP contribution in [-0.2, 0) is 35.9 Å². The first-order valence-electron chi connectivity index (χ1n) is 30.2. The first-order chi connectivity index (χ1) is 41.2. The summed E-state index contributed by atoms with van der Waals surface area (Å²) in [7, 11) is -3.83. The molecule has 5 aromatic rings. The SMILES string of the molecule is CC1=C(C)C(=Nc2ncnc3cc(OCCCN4CCN(c5ncc(OC[C@H]6CN(C[C@H]7CN(C(=O)OC(C)(C)C)[C@H](C)CN7CC(=O)N7CC(C)(C)c8[nH]c(=O)c(Cc9ccc(F)cc9)cc87)CCO6)cn5)CC4)c(S(=O)(=O)C(C)(C)C)cc23)CN1. The Morgan fingerprint density at radius 2 is 1.64 bits per heavy atom. The lowest BCUT2D eigenvalue weighted by Gasteiger charge is -2.47. The van der Waals surface area contributed by atoms with Crippen molar-refractivity contribution in [3.8, 4) is 11.5 Å². The first-order valence-corrected chi connectivity index (χ1v) is 31.6. The van der Waals surface area contributed by atoms with Gasteiger partial charge in [-0.25, -0.2) is 42.5 Å². The van der Waals surface area contributed by atoms with E-state index in [4.69, 9.17) is 23.9 Å². The van der Waals surface area contributed by atoms with Crippen LogP contribution in [0.25, 0.3) is 10.9 Å². The number of hydrogen-bond donors (Lipinski definition) is 2. The molecular weight excluding hydrogens is 1130 g/mol. The van der Waals surface area contributed by atoms with Crippen LogP contribution in [0.2, 0.25) is 0 Å². The summed E-state index contributed by atoms with van der Waals surface area (Å²) in [4.78, 5) is 80.5. The van der Waals surface area contributed by atoms with E-state index in [9.17, 15) is 27.2 Å². The largest absolute Gasteiger partial charge is 0.492 e. The molecule has 3 saturated heterocycles. The number of sulfone groups is 1. The number of carbonyl (C=O) groups is 2. The van der Waals surface area contributed by atoms with Crippen LogP contribution in [-0.4, -0.2) is 204 Å². The van der Waals surface area contributed by atoms with E-state index in [1.54, 1.807) is 73.3 Å². The summed E-state index contributed by atoms with van der Waals surface area (Å²) < 4.78 is 65.3. The molecule has 468 valence electrons. The Kier molecular flexibility index (Phi) is 18.5. The fourth-order valence-corrected chi connectivity index (χ4v) is 13.1. The molecule has 24 heteroatoms. The zero-order valence-corrected chi connectivity index (χ0v) is 52.9. The maximum atomic E-state index is 14.7. The Morgan fingerprint density at radius 1 is 0.908 bits per heavy atom. The van der Waals surface area contributed by atoms with E-state index >= 15 is 0 Å². The van der Waals surface area contributed by atoms with E-state index in [-0.39, 0.29) is 65.7 Å². The van der Waals surface area contributed by atoms with Gasteiger partial charge in [-0.15, -0.1) is 0 Å². The average Bonchev–Trinajstić information content (AvgIpc) is 1.84. The lowest BCUT2D eigenvalue weighted by Crippen LogP contribution is -2.64. The number of fused-ring (bicyclic) bond motifs is 2. The molecule has 2 aromatic carbocycles. The monoisotopic (exact) mass is 1220 g/mol. The van der Waals surface area contributed by atoms with Crippen molar-refractivity contribution < 1.29 is 41.3 Å². The molecule has 0 radical (unpaired) electrons. The molecule has 3 aromatic heterocycles. The molecular formula is C63H84FN13O9S. The number of carbonyl (C=O) groups excluding carboxylic acids is 2. The maximum Gasteiger partial charge on any atom is 0.410 e. The number of benzene rings is 2. The van der Waals surface area contributed by atoms with Gasteiger partial charge in [0.05, 0.1) is 60.4 Å². The van der Waals surface area contributed by atoms with Gasteiger partial charge in [0.15, 0.2) is 21.4 Å². The zero-order valence-electron chi connectivity index (χ0n) is 52.1. The van der Waals surface area contributed by atoms with Gasteiger partial charge in [0.1, 0.15) is 41.1 Å². The van der Waals surface area contributed by atoms with E-state index in [0.29, 0.717) is 111 Å². The Hall–Kier alpha value is -7.12. The molecule has 5 aliphatic heterocycles. The number of aromatic nitrogens is 5. The van der Waals surface area contributed by atoms with Crippen LogP contribution in [0.4, 0.5) is 26.6 Å². The smallest absolute Gasteiger partial charge is 0.410 e. The molecule has 3 atom stereocenters. The number of morpholine rings is 1. The standard InChI is InChI=1S/C63H84FN13O9S/c1-40-32-75(36-55(78)77-38-63(10,11)56-52(77)26-44(58(79)71-56)25-43-13-15-45(64)16-14-43)46(34-76(40)60(80)86-61(4,5)6)33-73-22-24-83-48(35-73)37-85-47-29-66-59(67-30-47)74-20-18-72(19-21-74)17-12-23-84-53-28-50-49(27-54(53)87(81,82)62(7,8)9)57(69-39-68-50)70-51-31-65-42(3)41(51)2/h13-16,26-30,39-40,46,48,65H,12,17-25,31-38H2,1-11H3,(H,71,79)/t40-,46+,48-/m1/s1. The van der Waals surface area contributed by atoms with Crippen molar-refractivity contribution in [3.63, 3.8) is 0 Å². The van der Waals surface area contributed by atoms with Crippen LogP contribution in [0.3, 0.4) is 0 Å². The van der Waals surface area contributed by atoms with Crippen molar-refractivity contribution in [2.45, 2.75) is 128 Å². The van der Waals surface area contributed by atoms with Gasteiger partial charge in [0.25, 0.3) is 5.56 Å². The Balaban J connectivity index is 0.720. The summed E-state index contributed by atoms with van der Waals surface area (Å²) in [5.74, 6) is 1.33. The van der Waals surface area contributed by atoms with Crippen molar-refractivity contribution in [2.24, 2.45) is 4.99 Å². The highest BCUT2D eigenvalue weighted by molar-refractivity contribution is 7.92. The number of nitrogens with zero attached hydrogens (tertiary/aromatic N) is 11. The fourth-order valence-electron chi connectivity index (χ4n) is 11.8. The number of rotatable bonds is 17. The number of ether oxygens (including phenoxy) is 4. The molecule has 0 unspecified atom stereocenters. The van der Waals surface area contributed by atoms with Crippen LogP contribution in [0.15, 0.2) is 87.1 Å². The zero-order chi connectivity index (χ0) is 62.2. The van der Waals surface area contributed by atoms with Crippen molar-refractivity contribution >= 4 is 55.9 Å². The van der Waals surface area contributed by atoms with Gasteiger partial charge >= 0.3 is 6.09 Å². The fraction of sp³-hybridized carbons (Fsp3) is 0.556. The molecule has 2 amide bonds. The van der Waals surface area contributed by atoms with E-state index in [0.717, 1.165) is 55.3 Å². The Labute approximate surface area is 509 Å². The summed E-state index contributed by atoms with van der Waals surface area (Å²) in [6.07, 6.45) is 5.11. The second kappa shape index (κ2) is 25.5. The number of hydrogen-bond acceptors (Lipinski definition) is 19. The molecule has 0 aliphatic carbocycles. The molecule has 0 bridgehead atoms. The number of H-pyrrole nitrogens is 1. The molecule has 8 heterocycles. The molecule has 10 rings (SSSR count). The van der Waals surface area contributed by atoms with Crippen molar-refractivity contribution in [1.82, 2.24) is 49.8 Å². The van der Waals surface area contributed by atoms with Gasteiger partial charge in [0, 0.05) is 124 Å². The number of nitrogens with one attached hydrogen (secondary N) is 2. The number of piperazine rings is 2. The van der Waals surface area contributed by atoms with Gasteiger partial charge < -0.3 is 43.9 Å². The number of allylic oxidation sites excluding steroid dienone is 1. The number of halogens is 1. The summed E-state index contributed by atoms with van der Waals surface area (Å²) in [5, 5.41) is 3.84. The third kappa shape index (κ3) is 14.6. The number of pyridine rings is 1. The van der Waals surface area contributed by atoms with Crippen molar-refractivity contribution in [2.75, 3.05) is 115 Å². The minimum Gasteiger partial charge on any atom is -0.492 e. The van der Waals surface area contributed by atoms with Crippen molar-refractivity contribution in [3.05, 3.63) is 105 Å². The summed E-state index contributed by atoms with van der Waals surface area (Å²) in [6.45, 7) is 29.0. The maximum absolute atomic E-state index is 14.7. The highest BCUT2D eigenvalue weighted by Crippen LogP contribution is 2.40. The van der Waals surface area contributed by atoms with E-state index in [2.05, 4.69) is 49.8 Å². The van der Waals surface area contributed by atoms with Crippen LogP contribution in [0, 0.1) is 5.82 Å². The third-order valence-electron chi connectivity index (χ3n) is 17.0. The van der Waals surface area contributed by atoms with Crippen molar-refractivity contribution in [1.29, 1.82) is 0 Å². The highest BCUT2D eigenvalue weighted by Gasteiger charge is 2.43. The lowest BCUT2D eigenvalue weighted by molar-refractivity contribution is -0.122. The number of amides is 2. The topological polar surface area (TPSA) is 233 Å². The quantitative estimate of drug-likeness (QED) is 0.0924. The number of aromatic amines is 1. The first kappa shape index (κ1) is 62.9. The number of anilines is 2. The predicted octanol–water partition coefficient (Wildman–Crippen LogP) is 6.68. The minimum atomic E-state index is -3.83. The lowest BCUT2D eigenvalue weighted by atomic mass is 9.91. The van der Waals surface area contributed by atoms with Crippen LogP contribution in [0.5, 0.6) is 11.5 Å². The Bertz CT molecular complexity index is 3580. The van der Waals surface area contributed by atoms with E-state index < -0.39 is 31.7 Å². The molecule has 0 spiro atoms. The Morgan fingerprint density at radius 3 is 2.33 bits per heavy atom. The van der Waals surface area contributed by atoms with Gasteiger partial charge in [-0.05, 0) is 104 Å². The summed E-state index contributed by atoms with van der Waals surface area (Å²) in [6, 6.07) is 10.7. The molecule has 22 nitrogen and oxygen atoms in total. The highest BCUT2D eigenvalue weighted by atomic mass is 32.2. The van der Waals surface area contributed by atoms with Crippen LogP contribution in [0.1, 0.15) is 99.4 Å². The van der Waals surface area contributed by atoms with Gasteiger partial charge in [0.2, 0.25) is 11.9 Å². The molecule has 3 fully saturated rings. The minimum absolute atomic E-state index is 0.0904. The average molecular weight is 1220 g/mol. The normalized spacial score (nSPS) is 21.2. The van der Waals surface area contributed by atoms with E-state index in [1.165, 1.54) is 18.5 Å². The van der Waals surface area contributed by atoms with Gasteiger partial charge in [-0.3, -0.25) is 24.3 Å². The molecule has 2 N–H and O–H groups in total. The van der Waals surface area contributed by atoms with Gasteiger partial charge in [-0.1, -0.05) is 26.0 Å². The van der Waals surface area contributed by atoms with Gasteiger partial charge in [-0.2, -0.15) is 0 Å². The predicted molar refractivity (Wildman–Crippen MR) is 332 cm³/mol. The molecule has 5 aliphatic rings. The van der Waals surface area contributed by atoms with Crippen LogP contribution >= 0.6 is 0 Å². The summed E-state index contributed by atoms with van der Waals surface area (Å²) in [5.41, 5.74) is 4.66. The summed E-state index contributed by atoms with van der Waals surface area (Å²) >= 11 is 0. The third-order valence-corrected chi connectivity index (χ3v) is 19.5. The molecule has 87 heavy (non-hydrogen) atoms. The van der Waals surface area contributed by atoms with Crippen LogP contribution < -0.4 is 30.1 Å². The second-order valence-corrected chi connectivity index (χ2v) is 28.9. The molecule has 0 saturated carbocycles.